The van der Waals surface area contributed by atoms with Gasteiger partial charge in [0.15, 0.2) is 0 Å². The van der Waals surface area contributed by atoms with Gasteiger partial charge in [0, 0.05) is 0 Å². The van der Waals surface area contributed by atoms with Crippen LogP contribution in [-0.4, -0.2) is 31.3 Å². The first-order valence-electron chi connectivity index (χ1n) is 3.01. The highest BCUT2D eigenvalue weighted by Crippen LogP contribution is 2.02. The van der Waals surface area contributed by atoms with Gasteiger partial charge in [-0.05, 0) is 12.2 Å². The minimum atomic E-state index is -0.311. The highest BCUT2D eigenvalue weighted by Gasteiger charge is 1.98. The van der Waals surface area contributed by atoms with Crippen LogP contribution in [0.5, 0.6) is 0 Å². The van der Waals surface area contributed by atoms with Crippen LogP contribution in [0.15, 0.2) is 0 Å². The van der Waals surface area contributed by atoms with Crippen molar-refractivity contribution in [2.45, 2.75) is 6.42 Å². The molecule has 0 amide bonds. The molecule has 4 heteroatoms. The van der Waals surface area contributed by atoms with Crippen molar-refractivity contribution >= 4 is 17.7 Å². The van der Waals surface area contributed by atoms with E-state index in [-0.39, 0.29) is 12.6 Å². The molecule has 0 unspecified atom stereocenters. The van der Waals surface area contributed by atoms with Crippen molar-refractivity contribution in [3.63, 3.8) is 0 Å². The van der Waals surface area contributed by atoms with E-state index in [4.69, 9.17) is 0 Å². The number of rotatable bonds is 5. The van der Waals surface area contributed by atoms with E-state index in [0.29, 0.717) is 17.9 Å². The van der Waals surface area contributed by atoms with E-state index in [1.54, 1.807) is 0 Å². The first-order valence-corrected chi connectivity index (χ1v) is 4.17. The van der Waals surface area contributed by atoms with Crippen LogP contribution in [-0.2, 0) is 9.53 Å². The van der Waals surface area contributed by atoms with Crippen molar-refractivity contribution < 1.29 is 13.9 Å². The lowest BCUT2D eigenvalue weighted by molar-refractivity contribution is -0.137. The van der Waals surface area contributed by atoms with Crippen molar-refractivity contribution in [1.29, 1.82) is 0 Å². The molecule has 0 saturated carbocycles. The smallest absolute Gasteiger partial charge is 0.315 e. The predicted octanol–water partition coefficient (Wildman–Crippen LogP) is 1.25. The van der Waals surface area contributed by atoms with Crippen LogP contribution in [0.25, 0.3) is 0 Å². The second-order valence-corrected chi connectivity index (χ2v) is 2.78. The summed E-state index contributed by atoms with van der Waals surface area (Å²) in [6, 6.07) is 0. The fraction of sp³-hybridized carbons (Fsp3) is 0.833. The highest BCUT2D eigenvalue weighted by atomic mass is 32.2. The summed E-state index contributed by atoms with van der Waals surface area (Å²) in [4.78, 5) is 10.4. The molecule has 0 aliphatic rings. The lowest BCUT2D eigenvalue weighted by Crippen LogP contribution is -2.03. The second-order valence-electron chi connectivity index (χ2n) is 1.67. The molecule has 0 N–H and O–H groups in total. The van der Waals surface area contributed by atoms with E-state index >= 15 is 0 Å². The summed E-state index contributed by atoms with van der Waals surface area (Å²) in [5, 5.41) is 0. The molecule has 0 aliphatic carbocycles. The van der Waals surface area contributed by atoms with Gasteiger partial charge in [-0.15, -0.1) is 0 Å². The van der Waals surface area contributed by atoms with Crippen LogP contribution in [0.1, 0.15) is 6.42 Å². The van der Waals surface area contributed by atoms with Crippen molar-refractivity contribution in [2.75, 3.05) is 25.3 Å². The van der Waals surface area contributed by atoms with Gasteiger partial charge in [-0.2, -0.15) is 11.8 Å². The molecule has 0 bridgehead atoms. The average Bonchev–Trinajstić information content (AvgIpc) is 1.98. The maximum Gasteiger partial charge on any atom is 0.315 e. The average molecular weight is 166 g/mol. The summed E-state index contributed by atoms with van der Waals surface area (Å²) in [6.45, 7) is -0.311. The largest absolute Gasteiger partial charge is 0.468 e. The van der Waals surface area contributed by atoms with Crippen LogP contribution >= 0.6 is 11.8 Å². The van der Waals surface area contributed by atoms with Crippen LogP contribution < -0.4 is 0 Å². The van der Waals surface area contributed by atoms with E-state index in [1.807, 2.05) is 0 Å². The summed E-state index contributed by atoms with van der Waals surface area (Å²) in [5.41, 5.74) is 0. The maximum atomic E-state index is 11.5. The van der Waals surface area contributed by atoms with E-state index in [2.05, 4.69) is 4.74 Å². The molecule has 0 aliphatic heterocycles. The number of esters is 1. The molecule has 0 aromatic carbocycles. The molecule has 60 valence electrons. The Hall–Kier alpha value is -0.250. The Morgan fingerprint density at radius 1 is 1.70 bits per heavy atom. The van der Waals surface area contributed by atoms with Crippen molar-refractivity contribution in [1.82, 2.24) is 0 Å². The summed E-state index contributed by atoms with van der Waals surface area (Å²) in [7, 11) is 1.35. The molecular formula is C6H11FO2S. The minimum Gasteiger partial charge on any atom is -0.468 e. The molecular weight excluding hydrogens is 155 g/mol. The number of halogens is 1. The number of thioether (sulfide) groups is 1. The first-order chi connectivity index (χ1) is 4.81. The fourth-order valence-electron chi connectivity index (χ4n) is 0.371. The maximum absolute atomic E-state index is 11.5. The number of carbonyl (C=O) groups is 1. The van der Waals surface area contributed by atoms with Gasteiger partial charge < -0.3 is 4.74 Å². The minimum absolute atomic E-state index is 0.246. The number of alkyl halides is 1. The molecule has 2 nitrogen and oxygen atoms in total. The zero-order chi connectivity index (χ0) is 7.82. The van der Waals surface area contributed by atoms with Gasteiger partial charge in [-0.1, -0.05) is 0 Å². The molecule has 0 aromatic rings. The Bertz CT molecular complexity index is 97.7. The van der Waals surface area contributed by atoms with Crippen LogP contribution in [0.2, 0.25) is 0 Å². The van der Waals surface area contributed by atoms with Gasteiger partial charge in [0.25, 0.3) is 0 Å². The van der Waals surface area contributed by atoms with E-state index < -0.39 is 0 Å². The molecule has 0 atom stereocenters. The molecule has 0 heterocycles. The van der Waals surface area contributed by atoms with Gasteiger partial charge in [-0.3, -0.25) is 9.18 Å². The van der Waals surface area contributed by atoms with E-state index in [1.165, 1.54) is 18.9 Å². The Morgan fingerprint density at radius 2 is 2.40 bits per heavy atom. The number of methoxy groups -OCH3 is 1. The SMILES string of the molecule is COC(=O)CSCCCF. The second kappa shape index (κ2) is 6.86. The lowest BCUT2D eigenvalue weighted by atomic mass is 10.6. The predicted molar refractivity (Wildman–Crippen MR) is 39.9 cm³/mol. The summed E-state index contributed by atoms with van der Waals surface area (Å²) < 4.78 is 15.8. The highest BCUT2D eigenvalue weighted by molar-refractivity contribution is 7.99. The first kappa shape index (κ1) is 9.75. The number of hydrogen-bond acceptors (Lipinski definition) is 3. The monoisotopic (exact) mass is 166 g/mol. The van der Waals surface area contributed by atoms with Crippen LogP contribution in [0, 0.1) is 0 Å². The molecule has 0 aromatic heterocycles. The quantitative estimate of drug-likeness (QED) is 0.454. The molecule has 0 fully saturated rings. The van der Waals surface area contributed by atoms with E-state index in [9.17, 15) is 9.18 Å². The van der Waals surface area contributed by atoms with Crippen molar-refractivity contribution in [2.24, 2.45) is 0 Å². The van der Waals surface area contributed by atoms with Gasteiger partial charge >= 0.3 is 5.97 Å². The number of carbonyl (C=O) groups excluding carboxylic acids is 1. The Balaban J connectivity index is 2.96. The van der Waals surface area contributed by atoms with E-state index in [0.717, 1.165) is 0 Å². The molecule has 0 radical (unpaired) electrons. The number of hydrogen-bond donors (Lipinski definition) is 0. The fourth-order valence-corrected chi connectivity index (χ4v) is 1.11. The molecule has 10 heavy (non-hydrogen) atoms. The molecule has 0 rings (SSSR count). The van der Waals surface area contributed by atoms with Crippen LogP contribution in [0.4, 0.5) is 4.39 Å². The lowest BCUT2D eigenvalue weighted by Gasteiger charge is -1.96. The van der Waals surface area contributed by atoms with Gasteiger partial charge in [0.2, 0.25) is 0 Å². The Morgan fingerprint density at radius 3 is 2.90 bits per heavy atom. The zero-order valence-corrected chi connectivity index (χ0v) is 6.75. The number of ether oxygens (including phenoxy) is 1. The Labute approximate surface area is 64.1 Å². The molecule has 0 spiro atoms. The normalized spacial score (nSPS) is 9.40. The summed E-state index contributed by atoms with van der Waals surface area (Å²) in [5.74, 6) is 0.770. The zero-order valence-electron chi connectivity index (χ0n) is 5.93. The third kappa shape index (κ3) is 5.88. The van der Waals surface area contributed by atoms with Gasteiger partial charge in [0.1, 0.15) is 0 Å². The topological polar surface area (TPSA) is 26.3 Å². The summed E-state index contributed by atoms with van der Waals surface area (Å²) in [6.07, 6.45) is 0.516. The Kier molecular flexibility index (Phi) is 6.69. The summed E-state index contributed by atoms with van der Waals surface area (Å²) >= 11 is 1.40. The van der Waals surface area contributed by atoms with Gasteiger partial charge in [0.05, 0.1) is 19.5 Å². The van der Waals surface area contributed by atoms with Crippen LogP contribution in [0.3, 0.4) is 0 Å². The third-order valence-electron chi connectivity index (χ3n) is 0.870. The van der Waals surface area contributed by atoms with Crippen molar-refractivity contribution in [3.8, 4) is 0 Å². The standard InChI is InChI=1S/C6H11FO2S/c1-9-6(8)5-10-4-2-3-7/h2-5H2,1H3. The van der Waals surface area contributed by atoms with Gasteiger partial charge in [-0.25, -0.2) is 0 Å². The third-order valence-corrected chi connectivity index (χ3v) is 1.89. The van der Waals surface area contributed by atoms with Crippen molar-refractivity contribution in [3.05, 3.63) is 0 Å². The molecule has 0 saturated heterocycles.